The molecular formula is C16H10Cl2. The molecule has 0 saturated heterocycles. The Kier molecular flexibility index (Phi) is 3.83. The first-order chi connectivity index (χ1) is 8.69. The summed E-state index contributed by atoms with van der Waals surface area (Å²) in [6, 6.07) is 7.64. The molecule has 0 aliphatic rings. The van der Waals surface area contributed by atoms with Crippen molar-refractivity contribution in [1.29, 1.82) is 0 Å². The van der Waals surface area contributed by atoms with Crippen LogP contribution in [-0.2, 0) is 0 Å². The second kappa shape index (κ2) is 5.36. The molecule has 0 amide bonds. The Bertz CT molecular complexity index is 669. The van der Waals surface area contributed by atoms with Crippen molar-refractivity contribution in [3.8, 4) is 23.7 Å². The smallest absolute Gasteiger partial charge is 0.0641 e. The van der Waals surface area contributed by atoms with Crippen LogP contribution in [0, 0.1) is 23.7 Å². The van der Waals surface area contributed by atoms with Crippen LogP contribution in [0.25, 0.3) is 10.8 Å². The van der Waals surface area contributed by atoms with Crippen LogP contribution in [0.15, 0.2) is 24.3 Å². The van der Waals surface area contributed by atoms with Gasteiger partial charge < -0.3 is 0 Å². The van der Waals surface area contributed by atoms with E-state index in [0.717, 1.165) is 21.9 Å². The van der Waals surface area contributed by atoms with Crippen LogP contribution in [0.5, 0.6) is 0 Å². The molecule has 0 spiro atoms. The minimum Gasteiger partial charge on any atom is -0.101 e. The van der Waals surface area contributed by atoms with Crippen LogP contribution in [0.1, 0.15) is 25.0 Å². The Balaban J connectivity index is 2.80. The van der Waals surface area contributed by atoms with Crippen molar-refractivity contribution in [2.24, 2.45) is 0 Å². The maximum Gasteiger partial charge on any atom is 0.0641 e. The molecule has 0 unspecified atom stereocenters. The Hall–Kier alpha value is -1.60. The van der Waals surface area contributed by atoms with Gasteiger partial charge in [-0.05, 0) is 26.0 Å². The van der Waals surface area contributed by atoms with Crippen molar-refractivity contribution in [2.75, 3.05) is 0 Å². The number of halogens is 2. The van der Waals surface area contributed by atoms with Gasteiger partial charge in [0.1, 0.15) is 0 Å². The number of rotatable bonds is 0. The summed E-state index contributed by atoms with van der Waals surface area (Å²) in [6.45, 7) is 3.57. The van der Waals surface area contributed by atoms with E-state index in [4.69, 9.17) is 23.2 Å². The molecule has 0 aliphatic heterocycles. The lowest BCUT2D eigenvalue weighted by molar-refractivity contribution is 1.65. The molecule has 2 aromatic carbocycles. The van der Waals surface area contributed by atoms with Crippen molar-refractivity contribution in [1.82, 2.24) is 0 Å². The maximum atomic E-state index is 6.32. The largest absolute Gasteiger partial charge is 0.101 e. The van der Waals surface area contributed by atoms with E-state index in [1.165, 1.54) is 0 Å². The molecular weight excluding hydrogens is 263 g/mol. The Labute approximate surface area is 117 Å². The van der Waals surface area contributed by atoms with Crippen molar-refractivity contribution < 1.29 is 0 Å². The Morgan fingerprint density at radius 1 is 0.722 bits per heavy atom. The highest BCUT2D eigenvalue weighted by Crippen LogP contribution is 2.33. The highest BCUT2D eigenvalue weighted by molar-refractivity contribution is 6.41. The lowest BCUT2D eigenvalue weighted by Gasteiger charge is -2.06. The Morgan fingerprint density at radius 3 is 1.44 bits per heavy atom. The molecule has 18 heavy (non-hydrogen) atoms. The monoisotopic (exact) mass is 272 g/mol. The SMILES string of the molecule is CC#Cc1ccc2c(Cl)c(C#CC)ccc2c1Cl. The first-order valence-corrected chi connectivity index (χ1v) is 6.21. The van der Waals surface area contributed by atoms with E-state index in [0.29, 0.717) is 10.0 Å². The van der Waals surface area contributed by atoms with Crippen LogP contribution in [0.4, 0.5) is 0 Å². The highest BCUT2D eigenvalue weighted by atomic mass is 35.5. The third kappa shape index (κ3) is 2.19. The highest BCUT2D eigenvalue weighted by Gasteiger charge is 2.09. The fourth-order valence-electron chi connectivity index (χ4n) is 1.79. The number of benzene rings is 2. The molecule has 2 heteroatoms. The quantitative estimate of drug-likeness (QED) is 0.599. The zero-order valence-corrected chi connectivity index (χ0v) is 11.6. The van der Waals surface area contributed by atoms with E-state index in [1.807, 2.05) is 24.3 Å². The third-order valence-corrected chi connectivity index (χ3v) is 3.40. The lowest BCUT2D eigenvalue weighted by atomic mass is 10.0. The van der Waals surface area contributed by atoms with E-state index in [2.05, 4.69) is 23.7 Å². The van der Waals surface area contributed by atoms with E-state index < -0.39 is 0 Å². The van der Waals surface area contributed by atoms with Gasteiger partial charge >= 0.3 is 0 Å². The summed E-state index contributed by atoms with van der Waals surface area (Å²) in [5, 5.41) is 3.09. The molecule has 0 N–H and O–H groups in total. The Morgan fingerprint density at radius 2 is 1.11 bits per heavy atom. The van der Waals surface area contributed by atoms with Gasteiger partial charge in [0.25, 0.3) is 0 Å². The molecule has 0 aliphatic carbocycles. The van der Waals surface area contributed by atoms with Crippen molar-refractivity contribution in [2.45, 2.75) is 13.8 Å². The van der Waals surface area contributed by atoms with Crippen LogP contribution in [0.2, 0.25) is 10.0 Å². The summed E-state index contributed by atoms with van der Waals surface area (Å²) in [5.74, 6) is 11.6. The van der Waals surface area contributed by atoms with Crippen LogP contribution >= 0.6 is 23.2 Å². The molecule has 0 bridgehead atoms. The first kappa shape index (κ1) is 12.8. The standard InChI is InChI=1S/C16H10Cl2/c1-3-5-11-7-9-14-13(15(11)17)10-8-12(6-4-2)16(14)18/h7-10H,1-2H3. The molecule has 0 saturated carbocycles. The van der Waals surface area contributed by atoms with E-state index in [-0.39, 0.29) is 0 Å². The third-order valence-electron chi connectivity index (χ3n) is 2.59. The number of hydrogen-bond acceptors (Lipinski definition) is 0. The molecule has 0 atom stereocenters. The summed E-state index contributed by atoms with van der Waals surface area (Å²) >= 11 is 12.6. The molecule has 0 radical (unpaired) electrons. The zero-order valence-electron chi connectivity index (χ0n) is 10.1. The fraction of sp³-hybridized carbons (Fsp3) is 0.125. The van der Waals surface area contributed by atoms with Gasteiger partial charge in [-0.25, -0.2) is 0 Å². The number of hydrogen-bond donors (Lipinski definition) is 0. The molecule has 2 aromatic rings. The summed E-state index contributed by atoms with van der Waals surface area (Å²) in [6.07, 6.45) is 0. The zero-order chi connectivity index (χ0) is 13.1. The van der Waals surface area contributed by atoms with Gasteiger partial charge in [0.15, 0.2) is 0 Å². The predicted octanol–water partition coefficient (Wildman–Crippen LogP) is 4.89. The van der Waals surface area contributed by atoms with Crippen molar-refractivity contribution in [3.63, 3.8) is 0 Å². The average Bonchev–Trinajstić information content (AvgIpc) is 2.37. The van der Waals surface area contributed by atoms with Crippen LogP contribution in [0.3, 0.4) is 0 Å². The van der Waals surface area contributed by atoms with Gasteiger partial charge in [-0.15, -0.1) is 11.8 Å². The fourth-order valence-corrected chi connectivity index (χ4v) is 2.34. The van der Waals surface area contributed by atoms with E-state index >= 15 is 0 Å². The van der Waals surface area contributed by atoms with Crippen molar-refractivity contribution >= 4 is 34.0 Å². The van der Waals surface area contributed by atoms with Crippen LogP contribution < -0.4 is 0 Å². The van der Waals surface area contributed by atoms with Crippen LogP contribution in [-0.4, -0.2) is 0 Å². The summed E-state index contributed by atoms with van der Waals surface area (Å²) < 4.78 is 0. The molecule has 0 fully saturated rings. The van der Waals surface area contributed by atoms with E-state index in [9.17, 15) is 0 Å². The normalized spacial score (nSPS) is 9.33. The minimum atomic E-state index is 0.639. The molecule has 88 valence electrons. The topological polar surface area (TPSA) is 0 Å². The second-order valence-corrected chi connectivity index (χ2v) is 4.46. The minimum absolute atomic E-state index is 0.639. The van der Waals surface area contributed by atoms with Gasteiger partial charge in [-0.1, -0.05) is 47.2 Å². The van der Waals surface area contributed by atoms with Gasteiger partial charge in [-0.3, -0.25) is 0 Å². The predicted molar refractivity (Wildman–Crippen MR) is 79.1 cm³/mol. The van der Waals surface area contributed by atoms with Gasteiger partial charge in [-0.2, -0.15) is 0 Å². The second-order valence-electron chi connectivity index (χ2n) is 3.70. The van der Waals surface area contributed by atoms with Gasteiger partial charge in [0.2, 0.25) is 0 Å². The van der Waals surface area contributed by atoms with E-state index in [1.54, 1.807) is 13.8 Å². The summed E-state index contributed by atoms with van der Waals surface area (Å²) in [4.78, 5) is 0. The lowest BCUT2D eigenvalue weighted by Crippen LogP contribution is -1.85. The molecule has 2 rings (SSSR count). The maximum absolute atomic E-state index is 6.32. The van der Waals surface area contributed by atoms with Gasteiger partial charge in [0, 0.05) is 21.9 Å². The number of fused-ring (bicyclic) bond motifs is 1. The average molecular weight is 273 g/mol. The van der Waals surface area contributed by atoms with Crippen molar-refractivity contribution in [3.05, 3.63) is 45.4 Å². The molecule has 0 nitrogen and oxygen atoms in total. The van der Waals surface area contributed by atoms with Gasteiger partial charge in [0.05, 0.1) is 10.0 Å². The molecule has 0 aromatic heterocycles. The first-order valence-electron chi connectivity index (χ1n) is 5.45. The molecule has 0 heterocycles. The summed E-state index contributed by atoms with van der Waals surface area (Å²) in [7, 11) is 0. The summed E-state index contributed by atoms with van der Waals surface area (Å²) in [5.41, 5.74) is 1.63.